The van der Waals surface area contributed by atoms with Crippen LogP contribution in [0.5, 0.6) is 0 Å². The smallest absolute Gasteiger partial charge is 0.220 e. The molecule has 3 nitrogen and oxygen atoms in total. The van der Waals surface area contributed by atoms with E-state index in [1.54, 1.807) is 7.05 Å². The molecule has 3 heteroatoms. The monoisotopic (exact) mass is 178 g/mol. The van der Waals surface area contributed by atoms with Crippen LogP contribution in [0.4, 0.5) is 5.69 Å². The van der Waals surface area contributed by atoms with Crippen molar-refractivity contribution in [1.29, 1.82) is 0 Å². The van der Waals surface area contributed by atoms with Crippen LogP contribution in [-0.2, 0) is 11.2 Å². The molecule has 0 bridgehead atoms. The van der Waals surface area contributed by atoms with E-state index in [-0.39, 0.29) is 5.91 Å². The van der Waals surface area contributed by atoms with Crippen LogP contribution in [0, 0.1) is 0 Å². The molecule has 0 aliphatic carbocycles. The van der Waals surface area contributed by atoms with Crippen LogP contribution in [-0.4, -0.2) is 13.0 Å². The van der Waals surface area contributed by atoms with Gasteiger partial charge in [-0.1, -0.05) is 18.2 Å². The van der Waals surface area contributed by atoms with Gasteiger partial charge in [-0.05, 0) is 18.1 Å². The van der Waals surface area contributed by atoms with Crippen molar-refractivity contribution in [2.45, 2.75) is 12.8 Å². The molecule has 3 N–H and O–H groups in total. The molecule has 13 heavy (non-hydrogen) atoms. The summed E-state index contributed by atoms with van der Waals surface area (Å²) >= 11 is 0. The Kier molecular flexibility index (Phi) is 3.31. The van der Waals surface area contributed by atoms with E-state index < -0.39 is 0 Å². The van der Waals surface area contributed by atoms with Gasteiger partial charge in [0.15, 0.2) is 0 Å². The average molecular weight is 178 g/mol. The van der Waals surface area contributed by atoms with Crippen molar-refractivity contribution in [3.63, 3.8) is 0 Å². The van der Waals surface area contributed by atoms with E-state index in [4.69, 9.17) is 5.73 Å². The molecule has 0 heterocycles. The molecule has 0 aliphatic heterocycles. The Morgan fingerprint density at radius 2 is 2.15 bits per heavy atom. The van der Waals surface area contributed by atoms with Gasteiger partial charge in [0.1, 0.15) is 0 Å². The molecule has 1 rings (SSSR count). The third kappa shape index (κ3) is 2.78. The number of nitrogen functional groups attached to an aromatic ring is 1. The van der Waals surface area contributed by atoms with Gasteiger partial charge in [0.05, 0.1) is 0 Å². The lowest BCUT2D eigenvalue weighted by molar-refractivity contribution is -0.120. The molecule has 0 aliphatic rings. The highest BCUT2D eigenvalue weighted by molar-refractivity contribution is 5.76. The first kappa shape index (κ1) is 9.58. The lowest BCUT2D eigenvalue weighted by Gasteiger charge is -2.03. The minimum absolute atomic E-state index is 0.0447. The van der Waals surface area contributed by atoms with Crippen molar-refractivity contribution in [2.24, 2.45) is 0 Å². The van der Waals surface area contributed by atoms with Crippen molar-refractivity contribution in [3.8, 4) is 0 Å². The van der Waals surface area contributed by atoms with Crippen LogP contribution in [0.3, 0.4) is 0 Å². The number of nitrogens with one attached hydrogen (secondary N) is 1. The maximum atomic E-state index is 10.9. The Labute approximate surface area is 77.9 Å². The van der Waals surface area contributed by atoms with Gasteiger partial charge >= 0.3 is 0 Å². The maximum Gasteiger partial charge on any atom is 0.220 e. The van der Waals surface area contributed by atoms with Crippen LogP contribution in [0.2, 0.25) is 0 Å². The predicted molar refractivity (Wildman–Crippen MR) is 53.2 cm³/mol. The number of hydrogen-bond donors (Lipinski definition) is 2. The van der Waals surface area contributed by atoms with E-state index in [0.717, 1.165) is 11.3 Å². The fraction of sp³-hybridized carbons (Fsp3) is 0.300. The largest absolute Gasteiger partial charge is 0.399 e. The zero-order valence-corrected chi connectivity index (χ0v) is 7.71. The van der Waals surface area contributed by atoms with Gasteiger partial charge in [0, 0.05) is 19.2 Å². The lowest BCUT2D eigenvalue weighted by Crippen LogP contribution is -2.18. The molecule has 0 radical (unpaired) electrons. The van der Waals surface area contributed by atoms with E-state index in [2.05, 4.69) is 5.32 Å². The zero-order chi connectivity index (χ0) is 9.68. The zero-order valence-electron chi connectivity index (χ0n) is 7.71. The van der Waals surface area contributed by atoms with E-state index in [1.807, 2.05) is 24.3 Å². The molecular weight excluding hydrogens is 164 g/mol. The predicted octanol–water partition coefficient (Wildman–Crippen LogP) is 0.947. The Morgan fingerprint density at radius 1 is 1.46 bits per heavy atom. The maximum absolute atomic E-state index is 10.9. The summed E-state index contributed by atoms with van der Waals surface area (Å²) in [5.74, 6) is 0.0447. The molecule has 1 amide bonds. The first-order chi connectivity index (χ1) is 6.24. The summed E-state index contributed by atoms with van der Waals surface area (Å²) in [5, 5.41) is 2.57. The fourth-order valence-electron chi connectivity index (χ4n) is 1.14. The molecule has 0 unspecified atom stereocenters. The van der Waals surface area contributed by atoms with E-state index in [1.165, 1.54) is 0 Å². The van der Waals surface area contributed by atoms with Crippen LogP contribution in [0.15, 0.2) is 24.3 Å². The molecule has 0 atom stereocenters. The molecule has 0 fully saturated rings. The van der Waals surface area contributed by atoms with Crippen LogP contribution >= 0.6 is 0 Å². The number of carbonyl (C=O) groups excluding carboxylic acids is 1. The van der Waals surface area contributed by atoms with E-state index >= 15 is 0 Å². The van der Waals surface area contributed by atoms with Crippen LogP contribution in [0.25, 0.3) is 0 Å². The SMILES string of the molecule is CNC(=O)CCc1ccccc1N. The number of hydrogen-bond acceptors (Lipinski definition) is 2. The lowest BCUT2D eigenvalue weighted by atomic mass is 10.1. The molecule has 1 aromatic rings. The fourth-order valence-corrected chi connectivity index (χ4v) is 1.14. The van der Waals surface area contributed by atoms with Gasteiger partial charge in [-0.3, -0.25) is 4.79 Å². The molecule has 0 aromatic heterocycles. The van der Waals surface area contributed by atoms with Crippen molar-refractivity contribution < 1.29 is 4.79 Å². The normalized spacial score (nSPS) is 9.62. The van der Waals surface area contributed by atoms with Gasteiger partial charge in [0.25, 0.3) is 0 Å². The first-order valence-corrected chi connectivity index (χ1v) is 4.28. The molecular formula is C10H14N2O. The minimum Gasteiger partial charge on any atom is -0.399 e. The van der Waals surface area contributed by atoms with Gasteiger partial charge < -0.3 is 11.1 Å². The number of rotatable bonds is 3. The van der Waals surface area contributed by atoms with Crippen LogP contribution in [0.1, 0.15) is 12.0 Å². The summed E-state index contributed by atoms with van der Waals surface area (Å²) < 4.78 is 0. The second kappa shape index (κ2) is 4.50. The quantitative estimate of drug-likeness (QED) is 0.677. The summed E-state index contributed by atoms with van der Waals surface area (Å²) in [7, 11) is 1.64. The van der Waals surface area contributed by atoms with Crippen molar-refractivity contribution in [2.75, 3.05) is 12.8 Å². The topological polar surface area (TPSA) is 55.1 Å². The summed E-state index contributed by atoms with van der Waals surface area (Å²) in [4.78, 5) is 10.9. The molecule has 70 valence electrons. The summed E-state index contributed by atoms with van der Waals surface area (Å²) in [6.07, 6.45) is 1.19. The highest BCUT2D eigenvalue weighted by Crippen LogP contribution is 2.12. The highest BCUT2D eigenvalue weighted by atomic mass is 16.1. The van der Waals surface area contributed by atoms with E-state index in [9.17, 15) is 4.79 Å². The van der Waals surface area contributed by atoms with Crippen molar-refractivity contribution in [1.82, 2.24) is 5.32 Å². The molecule has 0 saturated heterocycles. The second-order valence-electron chi connectivity index (χ2n) is 2.87. The van der Waals surface area contributed by atoms with Crippen LogP contribution < -0.4 is 11.1 Å². The number of nitrogens with two attached hydrogens (primary N) is 1. The van der Waals surface area contributed by atoms with E-state index in [0.29, 0.717) is 12.8 Å². The number of para-hydroxylation sites is 1. The summed E-state index contributed by atoms with van der Waals surface area (Å²) in [6.45, 7) is 0. The number of amides is 1. The Hall–Kier alpha value is -1.51. The number of anilines is 1. The van der Waals surface area contributed by atoms with Crippen molar-refractivity contribution in [3.05, 3.63) is 29.8 Å². The third-order valence-corrected chi connectivity index (χ3v) is 1.96. The first-order valence-electron chi connectivity index (χ1n) is 4.28. The standard InChI is InChI=1S/C10H14N2O/c1-12-10(13)7-6-8-4-2-3-5-9(8)11/h2-5H,6-7,11H2,1H3,(H,12,13). The summed E-state index contributed by atoms with van der Waals surface area (Å²) in [6, 6.07) is 7.60. The Balaban J connectivity index is 2.54. The Morgan fingerprint density at radius 3 is 2.77 bits per heavy atom. The van der Waals surface area contributed by atoms with Gasteiger partial charge in [0.2, 0.25) is 5.91 Å². The summed E-state index contributed by atoms with van der Waals surface area (Å²) in [5.41, 5.74) is 7.51. The van der Waals surface area contributed by atoms with Crippen molar-refractivity contribution >= 4 is 11.6 Å². The van der Waals surface area contributed by atoms with Gasteiger partial charge in [-0.15, -0.1) is 0 Å². The number of benzene rings is 1. The number of aryl methyl sites for hydroxylation is 1. The second-order valence-corrected chi connectivity index (χ2v) is 2.87. The molecule has 0 saturated carbocycles. The molecule has 0 spiro atoms. The Bertz CT molecular complexity index is 297. The average Bonchev–Trinajstić information content (AvgIpc) is 2.16. The third-order valence-electron chi connectivity index (χ3n) is 1.96. The van der Waals surface area contributed by atoms with Gasteiger partial charge in [-0.2, -0.15) is 0 Å². The van der Waals surface area contributed by atoms with Gasteiger partial charge in [-0.25, -0.2) is 0 Å². The minimum atomic E-state index is 0.0447. The number of carbonyl (C=O) groups is 1. The molecule has 1 aromatic carbocycles. The highest BCUT2D eigenvalue weighted by Gasteiger charge is 2.01.